The van der Waals surface area contributed by atoms with Gasteiger partial charge < -0.3 is 5.32 Å². The highest BCUT2D eigenvalue weighted by atomic mass is 35.5. The lowest BCUT2D eigenvalue weighted by Crippen LogP contribution is -2.48. The second-order valence-electron chi connectivity index (χ2n) is 10.1. The predicted molar refractivity (Wildman–Crippen MR) is 126 cm³/mol. The van der Waals surface area contributed by atoms with Crippen LogP contribution in [0.3, 0.4) is 0 Å². The molecule has 0 bridgehead atoms. The van der Waals surface area contributed by atoms with E-state index in [9.17, 15) is 9.18 Å². The zero-order valence-corrected chi connectivity index (χ0v) is 19.2. The minimum atomic E-state index is -0.275. The zero-order valence-electron chi connectivity index (χ0n) is 18.4. The van der Waals surface area contributed by atoms with Gasteiger partial charge in [0, 0.05) is 27.7 Å². The molecule has 5 heteroatoms. The fourth-order valence-electron chi connectivity index (χ4n) is 6.02. The molecule has 0 aliphatic heterocycles. The van der Waals surface area contributed by atoms with Crippen LogP contribution in [0.2, 0.25) is 5.02 Å². The molecule has 2 aromatic carbocycles. The molecule has 2 fully saturated rings. The van der Waals surface area contributed by atoms with Crippen LogP contribution in [0.15, 0.2) is 54.7 Å². The summed E-state index contributed by atoms with van der Waals surface area (Å²) >= 11 is 5.95. The average Bonchev–Trinajstić information content (AvgIpc) is 3.33. The predicted octanol–water partition coefficient (Wildman–Crippen LogP) is 6.76. The summed E-state index contributed by atoms with van der Waals surface area (Å²) < 4.78 is 13.9. The molecule has 166 valence electrons. The largest absolute Gasteiger partial charge is 0.347 e. The van der Waals surface area contributed by atoms with Crippen LogP contribution >= 0.6 is 11.6 Å². The van der Waals surface area contributed by atoms with Gasteiger partial charge in [0.2, 0.25) is 0 Å². The Bertz CT molecular complexity index is 1150. The van der Waals surface area contributed by atoms with Gasteiger partial charge in [0.05, 0.1) is 5.52 Å². The van der Waals surface area contributed by atoms with Gasteiger partial charge in [-0.25, -0.2) is 4.39 Å². The Morgan fingerprint density at radius 3 is 2.41 bits per heavy atom. The summed E-state index contributed by atoms with van der Waals surface area (Å²) in [5.41, 5.74) is 2.46. The van der Waals surface area contributed by atoms with Crippen molar-refractivity contribution in [2.45, 2.75) is 51.0 Å². The Hall–Kier alpha value is -2.46. The molecule has 32 heavy (non-hydrogen) atoms. The van der Waals surface area contributed by atoms with Crippen molar-refractivity contribution in [1.29, 1.82) is 0 Å². The highest BCUT2D eigenvalue weighted by Crippen LogP contribution is 2.55. The van der Waals surface area contributed by atoms with Crippen molar-refractivity contribution in [3.8, 4) is 0 Å². The number of fused-ring (bicyclic) bond motifs is 2. The summed E-state index contributed by atoms with van der Waals surface area (Å²) in [5, 5.41) is 4.84. The van der Waals surface area contributed by atoms with Crippen LogP contribution in [0, 0.1) is 23.6 Å². The standard InChI is InChI=1S/C27H28ClFN2O/c1-27(2,31-26(32)16-3-5-21(28)6-4-16)20-13-17-11-19(12-18(17)14-20)23-9-10-30-25-8-7-22(29)15-24(23)25/h3-10,15,17-20H,11-14H2,1-2H3,(H,31,32)/t17-,18?,19?,20+/m0/s1. The Morgan fingerprint density at radius 2 is 1.72 bits per heavy atom. The van der Waals surface area contributed by atoms with Gasteiger partial charge in [-0.05, 0) is 117 Å². The van der Waals surface area contributed by atoms with Gasteiger partial charge in [-0.2, -0.15) is 0 Å². The first-order chi connectivity index (χ1) is 15.3. The van der Waals surface area contributed by atoms with Crippen molar-refractivity contribution in [3.63, 3.8) is 0 Å². The van der Waals surface area contributed by atoms with Crippen LogP contribution in [-0.2, 0) is 0 Å². The maximum atomic E-state index is 13.9. The van der Waals surface area contributed by atoms with E-state index in [1.807, 2.05) is 6.20 Å². The molecular weight excluding hydrogens is 423 g/mol. The molecule has 5 rings (SSSR count). The Kier molecular flexibility index (Phi) is 5.45. The number of hydrogen-bond donors (Lipinski definition) is 1. The first kappa shape index (κ1) is 21.4. The number of amides is 1. The molecule has 3 aromatic rings. The number of hydrogen-bond acceptors (Lipinski definition) is 2. The second-order valence-corrected chi connectivity index (χ2v) is 10.5. The molecule has 1 aromatic heterocycles. The van der Waals surface area contributed by atoms with Gasteiger partial charge in [-0.1, -0.05) is 11.6 Å². The third-order valence-electron chi connectivity index (χ3n) is 7.76. The fraction of sp³-hybridized carbons (Fsp3) is 0.407. The van der Waals surface area contributed by atoms with Crippen LogP contribution in [0.5, 0.6) is 0 Å². The topological polar surface area (TPSA) is 42.0 Å². The molecule has 2 aliphatic rings. The van der Waals surface area contributed by atoms with Gasteiger partial charge >= 0.3 is 0 Å². The molecule has 1 heterocycles. The zero-order chi connectivity index (χ0) is 22.5. The van der Waals surface area contributed by atoms with Gasteiger partial charge in [0.25, 0.3) is 5.91 Å². The minimum Gasteiger partial charge on any atom is -0.347 e. The van der Waals surface area contributed by atoms with E-state index < -0.39 is 0 Å². The second kappa shape index (κ2) is 8.15. The number of carbonyl (C=O) groups excluding carboxylic acids is 1. The summed E-state index contributed by atoms with van der Waals surface area (Å²) in [6, 6.07) is 14.0. The van der Waals surface area contributed by atoms with Crippen LogP contribution in [-0.4, -0.2) is 16.4 Å². The third-order valence-corrected chi connectivity index (χ3v) is 8.01. The number of carbonyl (C=O) groups is 1. The maximum absolute atomic E-state index is 13.9. The Morgan fingerprint density at radius 1 is 1.03 bits per heavy atom. The lowest BCUT2D eigenvalue weighted by molar-refractivity contribution is 0.0877. The van der Waals surface area contributed by atoms with E-state index in [1.54, 1.807) is 36.4 Å². The number of nitrogens with one attached hydrogen (secondary N) is 1. The maximum Gasteiger partial charge on any atom is 0.251 e. The quantitative estimate of drug-likeness (QED) is 0.477. The van der Waals surface area contributed by atoms with Gasteiger partial charge in [-0.3, -0.25) is 9.78 Å². The summed E-state index contributed by atoms with van der Waals surface area (Å²) in [6.07, 6.45) is 6.33. The third kappa shape index (κ3) is 4.01. The van der Waals surface area contributed by atoms with Crippen molar-refractivity contribution in [3.05, 3.63) is 76.7 Å². The van der Waals surface area contributed by atoms with Gasteiger partial charge in [-0.15, -0.1) is 0 Å². The average molecular weight is 451 g/mol. The van der Waals surface area contributed by atoms with Gasteiger partial charge in [0.15, 0.2) is 0 Å². The van der Waals surface area contributed by atoms with E-state index in [0.717, 1.165) is 36.6 Å². The molecule has 3 nitrogen and oxygen atoms in total. The van der Waals surface area contributed by atoms with E-state index in [2.05, 4.69) is 30.2 Å². The normalized spacial score (nSPS) is 25.1. The molecule has 1 N–H and O–H groups in total. The van der Waals surface area contributed by atoms with E-state index in [1.165, 1.54) is 11.6 Å². The number of benzene rings is 2. The van der Waals surface area contributed by atoms with Crippen LogP contribution < -0.4 is 5.32 Å². The highest BCUT2D eigenvalue weighted by molar-refractivity contribution is 6.30. The molecule has 4 atom stereocenters. The molecule has 0 radical (unpaired) electrons. The highest BCUT2D eigenvalue weighted by Gasteiger charge is 2.47. The van der Waals surface area contributed by atoms with E-state index in [-0.39, 0.29) is 17.3 Å². The molecular formula is C27H28ClFN2O. The fourth-order valence-corrected chi connectivity index (χ4v) is 6.15. The summed E-state index contributed by atoms with van der Waals surface area (Å²) in [7, 11) is 0. The SMILES string of the molecule is CC(C)(NC(=O)c1ccc(Cl)cc1)[C@H]1CC2CC(c3ccnc4ccc(F)cc34)C[C@H]2C1. The summed E-state index contributed by atoms with van der Waals surface area (Å²) in [5.74, 6) is 1.93. The van der Waals surface area contributed by atoms with Crippen molar-refractivity contribution < 1.29 is 9.18 Å². The van der Waals surface area contributed by atoms with Crippen LogP contribution in [0.1, 0.15) is 61.4 Å². The number of rotatable bonds is 4. The molecule has 2 aliphatic carbocycles. The van der Waals surface area contributed by atoms with Crippen LogP contribution in [0.4, 0.5) is 4.39 Å². The summed E-state index contributed by atoms with van der Waals surface area (Å²) in [4.78, 5) is 17.2. The first-order valence-electron chi connectivity index (χ1n) is 11.4. The van der Waals surface area contributed by atoms with Crippen molar-refractivity contribution in [1.82, 2.24) is 10.3 Å². The molecule has 2 unspecified atom stereocenters. The van der Waals surface area contributed by atoms with E-state index in [0.29, 0.717) is 34.3 Å². The minimum absolute atomic E-state index is 0.0492. The molecule has 0 saturated heterocycles. The monoisotopic (exact) mass is 450 g/mol. The van der Waals surface area contributed by atoms with Crippen LogP contribution in [0.25, 0.3) is 10.9 Å². The smallest absolute Gasteiger partial charge is 0.251 e. The Labute approximate surface area is 193 Å². The van der Waals surface area contributed by atoms with Crippen molar-refractivity contribution >= 4 is 28.4 Å². The number of aromatic nitrogens is 1. The number of halogens is 2. The lowest BCUT2D eigenvalue weighted by atomic mass is 9.82. The van der Waals surface area contributed by atoms with Crippen molar-refractivity contribution in [2.75, 3.05) is 0 Å². The Balaban J connectivity index is 1.27. The van der Waals surface area contributed by atoms with Gasteiger partial charge in [0.1, 0.15) is 5.82 Å². The molecule has 1 amide bonds. The molecule has 2 saturated carbocycles. The van der Waals surface area contributed by atoms with E-state index in [4.69, 9.17) is 11.6 Å². The summed E-state index contributed by atoms with van der Waals surface area (Å²) in [6.45, 7) is 4.28. The van der Waals surface area contributed by atoms with E-state index >= 15 is 0 Å². The number of nitrogens with zero attached hydrogens (tertiary/aromatic N) is 1. The first-order valence-corrected chi connectivity index (χ1v) is 11.8. The lowest BCUT2D eigenvalue weighted by Gasteiger charge is -2.34. The molecule has 0 spiro atoms. The van der Waals surface area contributed by atoms with Crippen molar-refractivity contribution in [2.24, 2.45) is 17.8 Å². The number of pyridine rings is 1.